The summed E-state index contributed by atoms with van der Waals surface area (Å²) >= 11 is 0. The molecule has 0 amide bonds. The number of aryl methyl sites for hydroxylation is 2. The molecule has 0 radical (unpaired) electrons. The number of hydrogen-bond acceptors (Lipinski definition) is 3. The van der Waals surface area contributed by atoms with Gasteiger partial charge in [0.1, 0.15) is 0 Å². The zero-order chi connectivity index (χ0) is 16.3. The first kappa shape index (κ1) is 16.7. The monoisotopic (exact) mass is 305 g/mol. The molecule has 1 N–H and O–H groups in total. The Balaban J connectivity index is 2.18. The summed E-state index contributed by atoms with van der Waals surface area (Å²) in [5.74, 6) is -0.699. The summed E-state index contributed by atoms with van der Waals surface area (Å²) in [5.41, 5.74) is 2.80. The minimum absolute atomic E-state index is 0.533. The van der Waals surface area contributed by atoms with Crippen LogP contribution in [0.5, 0.6) is 0 Å². The number of aliphatic carboxylic acids is 1. The van der Waals surface area contributed by atoms with Crippen molar-refractivity contribution in [1.29, 1.82) is 0 Å². The lowest BCUT2D eigenvalue weighted by molar-refractivity contribution is -0.152. The highest BCUT2D eigenvalue weighted by molar-refractivity contribution is 5.75. The van der Waals surface area contributed by atoms with Gasteiger partial charge < -0.3 is 5.11 Å². The molecule has 5 heteroatoms. The smallest absolute Gasteiger partial charge is 0.311 e. The fourth-order valence-corrected chi connectivity index (χ4v) is 3.56. The lowest BCUT2D eigenvalue weighted by Gasteiger charge is -2.39. The molecular weight excluding hydrogens is 278 g/mol. The van der Waals surface area contributed by atoms with Crippen LogP contribution in [0.15, 0.2) is 12.7 Å². The lowest BCUT2D eigenvalue weighted by atomic mass is 9.77. The van der Waals surface area contributed by atoms with E-state index in [1.807, 2.05) is 11.6 Å². The topological polar surface area (TPSA) is 58.4 Å². The van der Waals surface area contributed by atoms with Gasteiger partial charge in [0.15, 0.2) is 0 Å². The van der Waals surface area contributed by atoms with E-state index in [4.69, 9.17) is 0 Å². The number of likely N-dealkylation sites (tertiary alicyclic amines) is 1. The molecule has 1 aliphatic rings. The molecular formula is C17H27N3O2. The quantitative estimate of drug-likeness (QED) is 0.821. The minimum Gasteiger partial charge on any atom is -0.481 e. The van der Waals surface area contributed by atoms with E-state index >= 15 is 0 Å². The summed E-state index contributed by atoms with van der Waals surface area (Å²) in [6.07, 6.45) is 3.92. The normalized spacial score (nSPS) is 22.7. The number of hydrogen-bond donors (Lipinski definition) is 1. The number of nitrogens with zero attached hydrogens (tertiary/aromatic N) is 3. The maximum absolute atomic E-state index is 11.8. The summed E-state index contributed by atoms with van der Waals surface area (Å²) in [5, 5.41) is 14.2. The standard InChI is InChI=1S/C17H27N3O2/c1-5-8-17(16(21)22)9-7-10-19(12-17)11-15-13(3)18-20(6-2)14(15)4/h5H,1,6-12H2,2-4H3,(H,21,22)/t17-/m0/s1. The molecule has 2 rings (SSSR count). The molecule has 1 aromatic heterocycles. The molecule has 1 aromatic rings. The van der Waals surface area contributed by atoms with E-state index in [0.29, 0.717) is 13.0 Å². The van der Waals surface area contributed by atoms with Gasteiger partial charge in [-0.1, -0.05) is 6.08 Å². The highest BCUT2D eigenvalue weighted by Crippen LogP contribution is 2.35. The van der Waals surface area contributed by atoms with E-state index < -0.39 is 11.4 Å². The van der Waals surface area contributed by atoms with Crippen molar-refractivity contribution in [2.45, 2.75) is 53.1 Å². The Labute approximate surface area is 132 Å². The van der Waals surface area contributed by atoms with Gasteiger partial charge in [-0.2, -0.15) is 5.10 Å². The van der Waals surface area contributed by atoms with Gasteiger partial charge in [0.25, 0.3) is 0 Å². The van der Waals surface area contributed by atoms with Crippen molar-refractivity contribution in [2.24, 2.45) is 5.41 Å². The summed E-state index contributed by atoms with van der Waals surface area (Å²) in [6.45, 7) is 13.1. The van der Waals surface area contributed by atoms with Crippen LogP contribution in [-0.4, -0.2) is 38.8 Å². The fourth-order valence-electron chi connectivity index (χ4n) is 3.56. The van der Waals surface area contributed by atoms with E-state index in [0.717, 1.165) is 38.2 Å². The Kier molecular flexibility index (Phi) is 5.06. The summed E-state index contributed by atoms with van der Waals surface area (Å²) in [7, 11) is 0. The number of carbonyl (C=O) groups is 1. The van der Waals surface area contributed by atoms with E-state index in [-0.39, 0.29) is 0 Å². The first-order valence-electron chi connectivity index (χ1n) is 8.03. The van der Waals surface area contributed by atoms with Gasteiger partial charge in [-0.15, -0.1) is 6.58 Å². The van der Waals surface area contributed by atoms with E-state index in [9.17, 15) is 9.90 Å². The summed E-state index contributed by atoms with van der Waals surface area (Å²) in [4.78, 5) is 14.0. The molecule has 0 aliphatic carbocycles. The number of carboxylic acid groups (broad SMARTS) is 1. The SMILES string of the molecule is C=CC[C@]1(C(=O)O)CCCN(Cc2c(C)nn(CC)c2C)C1. The van der Waals surface area contributed by atoms with Crippen molar-refractivity contribution >= 4 is 5.97 Å². The lowest BCUT2D eigenvalue weighted by Crippen LogP contribution is -2.47. The zero-order valence-corrected chi connectivity index (χ0v) is 13.9. The third kappa shape index (κ3) is 3.09. The van der Waals surface area contributed by atoms with Gasteiger partial charge in [-0.3, -0.25) is 14.4 Å². The number of piperidine rings is 1. The number of allylic oxidation sites excluding steroid dienone is 1. The maximum atomic E-state index is 11.8. The van der Waals surface area contributed by atoms with Gasteiger partial charge in [0.05, 0.1) is 11.1 Å². The van der Waals surface area contributed by atoms with E-state index in [2.05, 4.69) is 30.4 Å². The first-order valence-corrected chi connectivity index (χ1v) is 8.03. The average Bonchev–Trinajstić information content (AvgIpc) is 2.75. The predicted octanol–water partition coefficient (Wildman–Crippen LogP) is 2.76. The van der Waals surface area contributed by atoms with Gasteiger partial charge in [-0.25, -0.2) is 0 Å². The largest absolute Gasteiger partial charge is 0.481 e. The molecule has 122 valence electrons. The highest BCUT2D eigenvalue weighted by atomic mass is 16.4. The third-order valence-electron chi connectivity index (χ3n) is 4.86. The first-order chi connectivity index (χ1) is 10.4. The van der Waals surface area contributed by atoms with Gasteiger partial charge in [-0.05, 0) is 46.6 Å². The van der Waals surface area contributed by atoms with Crippen molar-refractivity contribution in [3.63, 3.8) is 0 Å². The zero-order valence-electron chi connectivity index (χ0n) is 13.9. The Hall–Kier alpha value is -1.62. The van der Waals surface area contributed by atoms with Gasteiger partial charge in [0.2, 0.25) is 0 Å². The predicted molar refractivity (Wildman–Crippen MR) is 86.8 cm³/mol. The Morgan fingerprint density at radius 1 is 1.50 bits per heavy atom. The van der Waals surface area contributed by atoms with E-state index in [1.165, 1.54) is 11.3 Å². The Morgan fingerprint density at radius 2 is 2.23 bits per heavy atom. The average molecular weight is 305 g/mol. The second-order valence-corrected chi connectivity index (χ2v) is 6.36. The molecule has 1 fully saturated rings. The molecule has 22 heavy (non-hydrogen) atoms. The number of aromatic nitrogens is 2. The summed E-state index contributed by atoms with van der Waals surface area (Å²) in [6, 6.07) is 0. The van der Waals surface area contributed by atoms with Crippen molar-refractivity contribution < 1.29 is 9.90 Å². The highest BCUT2D eigenvalue weighted by Gasteiger charge is 2.41. The van der Waals surface area contributed by atoms with Crippen LogP contribution in [0, 0.1) is 19.3 Å². The van der Waals surface area contributed by atoms with Crippen LogP contribution in [0.2, 0.25) is 0 Å². The molecule has 1 atom stereocenters. The van der Waals surface area contributed by atoms with E-state index in [1.54, 1.807) is 6.08 Å². The molecule has 0 unspecified atom stereocenters. The molecule has 1 aliphatic heterocycles. The van der Waals surface area contributed by atoms with Crippen LogP contribution >= 0.6 is 0 Å². The number of rotatable bonds is 6. The van der Waals surface area contributed by atoms with Crippen LogP contribution in [-0.2, 0) is 17.9 Å². The Bertz CT molecular complexity index is 564. The molecule has 5 nitrogen and oxygen atoms in total. The molecule has 1 saturated heterocycles. The van der Waals surface area contributed by atoms with Crippen molar-refractivity contribution in [1.82, 2.24) is 14.7 Å². The van der Waals surface area contributed by atoms with Crippen LogP contribution in [0.25, 0.3) is 0 Å². The molecule has 0 saturated carbocycles. The van der Waals surface area contributed by atoms with Crippen molar-refractivity contribution in [3.05, 3.63) is 29.6 Å². The van der Waals surface area contributed by atoms with Crippen molar-refractivity contribution in [3.8, 4) is 0 Å². The third-order valence-corrected chi connectivity index (χ3v) is 4.86. The van der Waals surface area contributed by atoms with Crippen LogP contribution < -0.4 is 0 Å². The molecule has 2 heterocycles. The second kappa shape index (κ2) is 6.65. The maximum Gasteiger partial charge on any atom is 0.311 e. The molecule has 0 spiro atoms. The Morgan fingerprint density at radius 3 is 2.77 bits per heavy atom. The van der Waals surface area contributed by atoms with Crippen LogP contribution in [0.4, 0.5) is 0 Å². The van der Waals surface area contributed by atoms with Crippen LogP contribution in [0.3, 0.4) is 0 Å². The number of carboxylic acids is 1. The second-order valence-electron chi connectivity index (χ2n) is 6.36. The molecule has 0 aromatic carbocycles. The minimum atomic E-state index is -0.699. The van der Waals surface area contributed by atoms with Crippen LogP contribution in [0.1, 0.15) is 43.1 Å². The van der Waals surface area contributed by atoms with Gasteiger partial charge in [0, 0.05) is 30.9 Å². The molecule has 0 bridgehead atoms. The fraction of sp³-hybridized carbons (Fsp3) is 0.647. The summed E-state index contributed by atoms with van der Waals surface area (Å²) < 4.78 is 2.02. The van der Waals surface area contributed by atoms with Crippen molar-refractivity contribution in [2.75, 3.05) is 13.1 Å². The van der Waals surface area contributed by atoms with Gasteiger partial charge >= 0.3 is 5.97 Å².